The lowest BCUT2D eigenvalue weighted by Crippen LogP contribution is -2.14. The van der Waals surface area contributed by atoms with Crippen LogP contribution >= 0.6 is 0 Å². The third kappa shape index (κ3) is 4.84. The summed E-state index contributed by atoms with van der Waals surface area (Å²) in [5.41, 5.74) is 2.23. The summed E-state index contributed by atoms with van der Waals surface area (Å²) >= 11 is 0. The minimum absolute atomic E-state index is 0.0666. The number of nitrogens with zero attached hydrogens (tertiary/aromatic N) is 1. The van der Waals surface area contributed by atoms with Crippen molar-refractivity contribution in [3.63, 3.8) is 0 Å². The van der Waals surface area contributed by atoms with Gasteiger partial charge in [0.15, 0.2) is 0 Å². The Morgan fingerprint density at radius 1 is 1.07 bits per heavy atom. The van der Waals surface area contributed by atoms with Gasteiger partial charge < -0.3 is 9.84 Å². The van der Waals surface area contributed by atoms with Gasteiger partial charge in [-0.05, 0) is 53.9 Å². The SMILES string of the molecule is COC(=O)c1cc(/C=C/c2ccc(S(=O)(=O)Nc3ncccc3C)cc2)ccc1O. The van der Waals surface area contributed by atoms with Crippen LogP contribution in [0.3, 0.4) is 0 Å². The number of esters is 1. The zero-order chi connectivity index (χ0) is 21.7. The van der Waals surface area contributed by atoms with Crippen LogP contribution in [0.15, 0.2) is 65.7 Å². The van der Waals surface area contributed by atoms with Gasteiger partial charge in [0.05, 0.1) is 12.0 Å². The summed E-state index contributed by atoms with van der Waals surface area (Å²) in [5, 5.41) is 9.76. The number of methoxy groups -OCH3 is 1. The molecule has 0 spiro atoms. The molecular weight excluding hydrogens is 404 g/mol. The van der Waals surface area contributed by atoms with Gasteiger partial charge in [0.2, 0.25) is 0 Å². The molecule has 3 rings (SSSR count). The van der Waals surface area contributed by atoms with E-state index in [0.29, 0.717) is 5.56 Å². The number of sulfonamides is 1. The van der Waals surface area contributed by atoms with Gasteiger partial charge in [0, 0.05) is 6.20 Å². The lowest BCUT2D eigenvalue weighted by Gasteiger charge is -2.09. The van der Waals surface area contributed by atoms with Gasteiger partial charge in [-0.15, -0.1) is 0 Å². The third-order valence-electron chi connectivity index (χ3n) is 4.33. The molecule has 30 heavy (non-hydrogen) atoms. The molecule has 0 saturated carbocycles. The van der Waals surface area contributed by atoms with Crippen molar-refractivity contribution in [2.45, 2.75) is 11.8 Å². The van der Waals surface area contributed by atoms with E-state index in [2.05, 4.69) is 14.4 Å². The highest BCUT2D eigenvalue weighted by Gasteiger charge is 2.15. The number of rotatable bonds is 6. The molecule has 1 heterocycles. The molecule has 0 amide bonds. The maximum absolute atomic E-state index is 12.6. The van der Waals surface area contributed by atoms with Crippen molar-refractivity contribution in [3.05, 3.63) is 83.0 Å². The van der Waals surface area contributed by atoms with Crippen molar-refractivity contribution in [1.82, 2.24) is 4.98 Å². The summed E-state index contributed by atoms with van der Waals surface area (Å²) < 4.78 is 32.3. The van der Waals surface area contributed by atoms with E-state index in [-0.39, 0.29) is 22.0 Å². The summed E-state index contributed by atoms with van der Waals surface area (Å²) in [5.74, 6) is -0.507. The summed E-state index contributed by atoms with van der Waals surface area (Å²) in [6.45, 7) is 1.77. The Kier molecular flexibility index (Phi) is 6.17. The molecule has 0 aliphatic heterocycles. The number of ether oxygens (including phenoxy) is 1. The number of phenols is 1. The van der Waals surface area contributed by atoms with E-state index in [4.69, 9.17) is 0 Å². The Labute approximate surface area is 174 Å². The maximum atomic E-state index is 12.6. The van der Waals surface area contributed by atoms with Crippen LogP contribution in [0.2, 0.25) is 0 Å². The number of hydrogen-bond acceptors (Lipinski definition) is 6. The quantitative estimate of drug-likeness (QED) is 0.460. The molecule has 1 aromatic heterocycles. The van der Waals surface area contributed by atoms with Gasteiger partial charge in [0.1, 0.15) is 17.1 Å². The van der Waals surface area contributed by atoms with E-state index in [9.17, 15) is 18.3 Å². The van der Waals surface area contributed by atoms with Crippen LogP contribution in [-0.2, 0) is 14.8 Å². The van der Waals surface area contributed by atoms with Crippen LogP contribution in [0.4, 0.5) is 5.82 Å². The summed E-state index contributed by atoms with van der Waals surface area (Å²) in [6, 6.07) is 14.4. The van der Waals surface area contributed by atoms with Gasteiger partial charge >= 0.3 is 5.97 Å². The average molecular weight is 424 g/mol. The van der Waals surface area contributed by atoms with Crippen molar-refractivity contribution >= 4 is 34.0 Å². The first-order valence-electron chi connectivity index (χ1n) is 8.94. The van der Waals surface area contributed by atoms with Gasteiger partial charge in [-0.25, -0.2) is 18.2 Å². The van der Waals surface area contributed by atoms with Crippen LogP contribution in [0.1, 0.15) is 27.0 Å². The first kappa shape index (κ1) is 21.1. The Hall–Kier alpha value is -3.65. The van der Waals surface area contributed by atoms with Crippen molar-refractivity contribution in [1.29, 1.82) is 0 Å². The van der Waals surface area contributed by atoms with E-state index in [1.165, 1.54) is 37.6 Å². The fourth-order valence-electron chi connectivity index (χ4n) is 2.66. The molecule has 0 saturated heterocycles. The molecule has 0 aliphatic rings. The predicted molar refractivity (Wildman–Crippen MR) is 115 cm³/mol. The Morgan fingerprint density at radius 2 is 1.73 bits per heavy atom. The lowest BCUT2D eigenvalue weighted by molar-refractivity contribution is 0.0597. The van der Waals surface area contributed by atoms with Crippen LogP contribution < -0.4 is 4.72 Å². The lowest BCUT2D eigenvalue weighted by atomic mass is 10.1. The van der Waals surface area contributed by atoms with Crippen LogP contribution in [0, 0.1) is 6.92 Å². The highest BCUT2D eigenvalue weighted by molar-refractivity contribution is 7.92. The maximum Gasteiger partial charge on any atom is 0.341 e. The van der Waals surface area contributed by atoms with Crippen molar-refractivity contribution in [3.8, 4) is 5.75 Å². The zero-order valence-corrected chi connectivity index (χ0v) is 17.2. The number of pyridine rings is 1. The minimum atomic E-state index is -3.76. The molecule has 3 aromatic rings. The molecular formula is C22H20N2O5S. The highest BCUT2D eigenvalue weighted by atomic mass is 32.2. The fourth-order valence-corrected chi connectivity index (χ4v) is 3.74. The largest absolute Gasteiger partial charge is 0.507 e. The topological polar surface area (TPSA) is 106 Å². The number of nitrogens with one attached hydrogen (secondary N) is 1. The molecule has 0 unspecified atom stereocenters. The van der Waals surface area contributed by atoms with Gasteiger partial charge in [0.25, 0.3) is 10.0 Å². The summed E-state index contributed by atoms with van der Waals surface area (Å²) in [4.78, 5) is 15.8. The zero-order valence-electron chi connectivity index (χ0n) is 16.4. The number of aryl methyl sites for hydroxylation is 1. The van der Waals surface area contributed by atoms with Crippen LogP contribution in [-0.4, -0.2) is 31.6 Å². The number of hydrogen-bond donors (Lipinski definition) is 2. The number of phenolic OH excluding ortho intramolecular Hbond substituents is 1. The van der Waals surface area contributed by atoms with E-state index in [0.717, 1.165) is 11.1 Å². The molecule has 2 N–H and O–H groups in total. The van der Waals surface area contributed by atoms with Gasteiger partial charge in [-0.3, -0.25) is 4.72 Å². The third-order valence-corrected chi connectivity index (χ3v) is 5.68. The average Bonchev–Trinajstić information content (AvgIpc) is 2.74. The van der Waals surface area contributed by atoms with E-state index >= 15 is 0 Å². The Bertz CT molecular complexity index is 1200. The predicted octanol–water partition coefficient (Wildman–Crippen LogP) is 3.85. The first-order chi connectivity index (χ1) is 14.3. The van der Waals surface area contributed by atoms with E-state index in [1.54, 1.807) is 49.4 Å². The molecule has 0 atom stereocenters. The number of anilines is 1. The van der Waals surface area contributed by atoms with Crippen molar-refractivity contribution in [2.24, 2.45) is 0 Å². The normalized spacial score (nSPS) is 11.4. The number of carbonyl (C=O) groups is 1. The second-order valence-electron chi connectivity index (χ2n) is 6.44. The first-order valence-corrected chi connectivity index (χ1v) is 10.4. The fraction of sp³-hybridized carbons (Fsp3) is 0.0909. The highest BCUT2D eigenvalue weighted by Crippen LogP contribution is 2.22. The van der Waals surface area contributed by atoms with Crippen molar-refractivity contribution < 1.29 is 23.1 Å². The second kappa shape index (κ2) is 8.79. The standard InChI is InChI=1S/C22H20N2O5S/c1-15-4-3-13-23-21(15)24-30(27,28)18-10-7-16(8-11-18)5-6-17-9-12-20(25)19(14-17)22(26)29-2/h3-14,25H,1-2H3,(H,23,24)/b6-5+. The molecule has 7 nitrogen and oxygen atoms in total. The Morgan fingerprint density at radius 3 is 2.40 bits per heavy atom. The number of benzene rings is 2. The molecule has 2 aromatic carbocycles. The molecule has 0 bridgehead atoms. The molecule has 0 fully saturated rings. The summed E-state index contributed by atoms with van der Waals surface area (Å²) in [6.07, 6.45) is 5.03. The number of aromatic hydroxyl groups is 1. The number of aromatic nitrogens is 1. The molecule has 154 valence electrons. The van der Waals surface area contributed by atoms with E-state index in [1.807, 2.05) is 0 Å². The van der Waals surface area contributed by atoms with Crippen molar-refractivity contribution in [2.75, 3.05) is 11.8 Å². The van der Waals surface area contributed by atoms with Gasteiger partial charge in [-0.2, -0.15) is 0 Å². The Balaban J connectivity index is 1.78. The van der Waals surface area contributed by atoms with Gasteiger partial charge in [-0.1, -0.05) is 36.4 Å². The van der Waals surface area contributed by atoms with Crippen LogP contribution in [0.25, 0.3) is 12.2 Å². The smallest absolute Gasteiger partial charge is 0.341 e. The second-order valence-corrected chi connectivity index (χ2v) is 8.13. The number of carbonyl (C=O) groups excluding carboxylic acids is 1. The molecule has 0 radical (unpaired) electrons. The minimum Gasteiger partial charge on any atom is -0.507 e. The molecule has 8 heteroatoms. The summed E-state index contributed by atoms with van der Waals surface area (Å²) in [7, 11) is -2.52. The van der Waals surface area contributed by atoms with Crippen LogP contribution in [0.5, 0.6) is 5.75 Å². The molecule has 0 aliphatic carbocycles. The van der Waals surface area contributed by atoms with E-state index < -0.39 is 16.0 Å². The monoisotopic (exact) mass is 424 g/mol.